The van der Waals surface area contributed by atoms with Gasteiger partial charge < -0.3 is 9.84 Å². The smallest absolute Gasteiger partial charge is 0.321 e. The van der Waals surface area contributed by atoms with Gasteiger partial charge in [0.15, 0.2) is 0 Å². The maximum absolute atomic E-state index is 13.7. The quantitative estimate of drug-likeness (QED) is 0.550. The summed E-state index contributed by atoms with van der Waals surface area (Å²) in [6, 6.07) is 8.57. The van der Waals surface area contributed by atoms with Crippen LogP contribution in [0.25, 0.3) is 0 Å². The number of quaternary nitrogens is 2. The second kappa shape index (κ2) is 4.46. The predicted octanol–water partition coefficient (Wildman–Crippen LogP) is 1.69. The molecule has 1 aromatic rings. The Balaban J connectivity index is 1.63. The van der Waals surface area contributed by atoms with Crippen molar-refractivity contribution in [3.8, 4) is 0 Å². The Morgan fingerprint density at radius 2 is 2.07 bits per heavy atom. The van der Waals surface area contributed by atoms with Gasteiger partial charge in [-0.1, -0.05) is 24.3 Å². The molecule has 146 valence electrons. The van der Waals surface area contributed by atoms with Crippen LogP contribution in [0.15, 0.2) is 35.9 Å². The van der Waals surface area contributed by atoms with E-state index >= 15 is 0 Å². The Morgan fingerprint density at radius 1 is 1.25 bits per heavy atom. The molecule has 5 aliphatic heterocycles. The molecule has 2 unspecified atom stereocenters. The Kier molecular flexibility index (Phi) is 2.59. The number of para-hydroxylation sites is 1. The van der Waals surface area contributed by atoms with Crippen molar-refractivity contribution in [3.05, 3.63) is 41.5 Å². The molecule has 3 saturated heterocycles. The molecule has 0 aromatic heterocycles. The number of aliphatic hydroxyl groups is 1. The normalized spacial score (nSPS) is 54.8. The fourth-order valence-electron chi connectivity index (χ4n) is 8.79. The third-order valence-corrected chi connectivity index (χ3v) is 9.87. The first-order valence-corrected chi connectivity index (χ1v) is 10.7. The first kappa shape index (κ1) is 16.3. The lowest BCUT2D eigenvalue weighted by Gasteiger charge is -2.62. The third-order valence-electron chi connectivity index (χ3n) is 9.87. The van der Waals surface area contributed by atoms with E-state index < -0.39 is 5.72 Å². The monoisotopic (exact) mass is 380 g/mol. The van der Waals surface area contributed by atoms with E-state index in [4.69, 9.17) is 4.74 Å². The number of carbonyl (C=O) groups is 1. The molecule has 8 atom stereocenters. The van der Waals surface area contributed by atoms with Crippen LogP contribution in [0.2, 0.25) is 0 Å². The predicted molar refractivity (Wildman–Crippen MR) is 104 cm³/mol. The van der Waals surface area contributed by atoms with Crippen molar-refractivity contribution >= 4 is 11.6 Å². The number of likely N-dealkylation sites (N-methyl/N-ethyl adjacent to an activating group) is 2. The molecule has 5 nitrogen and oxygen atoms in total. The van der Waals surface area contributed by atoms with E-state index in [0.29, 0.717) is 33.8 Å². The number of ether oxygens (including phenoxy) is 1. The van der Waals surface area contributed by atoms with Gasteiger partial charge >= 0.3 is 5.91 Å². The summed E-state index contributed by atoms with van der Waals surface area (Å²) >= 11 is 0. The van der Waals surface area contributed by atoms with Gasteiger partial charge in [0.25, 0.3) is 0 Å². The number of rotatable bonds is 0. The minimum absolute atomic E-state index is 0.0179. The Morgan fingerprint density at radius 3 is 2.93 bits per heavy atom. The van der Waals surface area contributed by atoms with Crippen LogP contribution in [-0.2, 0) is 14.9 Å². The molecule has 28 heavy (non-hydrogen) atoms. The molecule has 1 aromatic carbocycles. The van der Waals surface area contributed by atoms with Crippen molar-refractivity contribution in [2.75, 3.05) is 33.8 Å². The minimum Gasteiger partial charge on any atom is -0.373 e. The zero-order chi connectivity index (χ0) is 19.1. The van der Waals surface area contributed by atoms with Gasteiger partial charge in [-0.2, -0.15) is 0 Å². The van der Waals surface area contributed by atoms with Crippen LogP contribution in [0, 0.1) is 11.8 Å². The van der Waals surface area contributed by atoms with Crippen LogP contribution in [0.1, 0.15) is 24.8 Å². The highest BCUT2D eigenvalue weighted by Gasteiger charge is 2.86. The molecule has 4 fully saturated rings. The summed E-state index contributed by atoms with van der Waals surface area (Å²) < 4.78 is 7.35. The van der Waals surface area contributed by atoms with Crippen molar-refractivity contribution in [1.82, 2.24) is 4.48 Å². The van der Waals surface area contributed by atoms with Crippen LogP contribution in [0.5, 0.6) is 0 Å². The zero-order valence-electron chi connectivity index (χ0n) is 16.6. The lowest BCUT2D eigenvalue weighted by atomic mass is 9.51. The van der Waals surface area contributed by atoms with E-state index in [2.05, 4.69) is 44.4 Å². The summed E-state index contributed by atoms with van der Waals surface area (Å²) in [5, 5.41) is 12.5. The number of hydrogen-bond donors (Lipinski definition) is 1. The van der Waals surface area contributed by atoms with Gasteiger partial charge in [0.2, 0.25) is 5.72 Å². The number of hydrogen-bond acceptors (Lipinski definition) is 3. The summed E-state index contributed by atoms with van der Waals surface area (Å²) in [6.45, 7) is 2.50. The molecule has 2 bridgehead atoms. The number of carbonyl (C=O) groups excluding carboxylic acids is 1. The van der Waals surface area contributed by atoms with E-state index in [0.717, 1.165) is 31.6 Å². The molecule has 5 heterocycles. The van der Waals surface area contributed by atoms with E-state index in [1.165, 1.54) is 11.1 Å². The SMILES string of the molecule is C[N+]12C(=O)C[C@@H]3OCC=C4C[N+]5(C)CC[C@@]6(c7ccccc71)[C@@H]2[C@H]3[C@H]4C[C@@]65O. The Hall–Kier alpha value is -1.53. The molecular formula is C23H28N2O3+2. The molecule has 7 rings (SSSR count). The number of amides is 1. The maximum Gasteiger partial charge on any atom is 0.321 e. The van der Waals surface area contributed by atoms with Crippen LogP contribution >= 0.6 is 0 Å². The van der Waals surface area contributed by atoms with Crippen molar-refractivity contribution < 1.29 is 19.1 Å². The molecule has 1 amide bonds. The third kappa shape index (κ3) is 1.34. The van der Waals surface area contributed by atoms with E-state index in [1.54, 1.807) is 0 Å². The summed E-state index contributed by atoms with van der Waals surface area (Å²) in [6.07, 6.45) is 4.50. The van der Waals surface area contributed by atoms with Crippen LogP contribution in [0.4, 0.5) is 5.69 Å². The number of fused-ring (bicyclic) bond motifs is 2. The van der Waals surface area contributed by atoms with Gasteiger partial charge in [-0.05, 0) is 11.6 Å². The number of benzene rings is 1. The maximum atomic E-state index is 13.7. The van der Waals surface area contributed by atoms with Gasteiger partial charge in [0.05, 0.1) is 39.8 Å². The molecule has 1 saturated carbocycles. The second-order valence-electron chi connectivity index (χ2n) is 10.5. The largest absolute Gasteiger partial charge is 0.373 e. The first-order chi connectivity index (χ1) is 13.4. The summed E-state index contributed by atoms with van der Waals surface area (Å²) in [7, 11) is 4.36. The van der Waals surface area contributed by atoms with Crippen LogP contribution in [0.3, 0.4) is 0 Å². The van der Waals surface area contributed by atoms with Crippen molar-refractivity contribution in [2.24, 2.45) is 11.8 Å². The van der Waals surface area contributed by atoms with Crippen LogP contribution in [-0.4, -0.2) is 67.2 Å². The topological polar surface area (TPSA) is 46.5 Å². The van der Waals surface area contributed by atoms with E-state index in [-0.39, 0.29) is 23.5 Å². The van der Waals surface area contributed by atoms with Crippen LogP contribution < -0.4 is 4.48 Å². The van der Waals surface area contributed by atoms with Crippen molar-refractivity contribution in [2.45, 2.75) is 42.5 Å². The second-order valence-corrected chi connectivity index (χ2v) is 10.5. The molecule has 6 aliphatic rings. The average Bonchev–Trinajstić information content (AvgIpc) is 3.00. The standard InChI is InChI=1S/C23H28N2O3/c1-24-9-8-22-16-5-3-4-6-17(16)25(2)19(26)11-18-20(21(22)25)15(12-23(22,24)27)14(13-24)7-10-28-18/h3-7,15,18,20-21,27H,8-13H2,1-2H3/q+2/t15-,18-,20-,21-,22+,23+,24?,25?/m0/s1. The molecule has 1 N–H and O–H groups in total. The molecule has 1 aliphatic carbocycles. The zero-order valence-corrected chi connectivity index (χ0v) is 16.6. The Bertz CT molecular complexity index is 990. The molecular weight excluding hydrogens is 352 g/mol. The Labute approximate surface area is 165 Å². The molecule has 5 heteroatoms. The molecule has 0 radical (unpaired) electrons. The fraction of sp³-hybridized carbons (Fsp3) is 0.609. The van der Waals surface area contributed by atoms with Gasteiger partial charge in [-0.3, -0.25) is 4.48 Å². The number of piperidine rings is 2. The average molecular weight is 380 g/mol. The molecule has 1 spiro atoms. The highest BCUT2D eigenvalue weighted by molar-refractivity contribution is 5.94. The lowest BCUT2D eigenvalue weighted by molar-refractivity contribution is -0.976. The van der Waals surface area contributed by atoms with Crippen molar-refractivity contribution in [1.29, 1.82) is 0 Å². The van der Waals surface area contributed by atoms with E-state index in [1.807, 2.05) is 0 Å². The van der Waals surface area contributed by atoms with Gasteiger partial charge in [-0.15, -0.1) is 0 Å². The summed E-state index contributed by atoms with van der Waals surface area (Å²) in [5.74, 6) is 0.888. The highest BCUT2D eigenvalue weighted by atomic mass is 16.5. The summed E-state index contributed by atoms with van der Waals surface area (Å²) in [4.78, 5) is 13.7. The fourth-order valence-corrected chi connectivity index (χ4v) is 8.79. The summed E-state index contributed by atoms with van der Waals surface area (Å²) in [5.41, 5.74) is 2.65. The van der Waals surface area contributed by atoms with E-state index in [9.17, 15) is 9.90 Å². The van der Waals surface area contributed by atoms with Gasteiger partial charge in [-0.25, -0.2) is 9.28 Å². The van der Waals surface area contributed by atoms with Crippen molar-refractivity contribution in [3.63, 3.8) is 0 Å². The number of nitrogens with zero attached hydrogens (tertiary/aromatic N) is 2. The van der Waals surface area contributed by atoms with Gasteiger partial charge in [0.1, 0.15) is 23.7 Å². The minimum atomic E-state index is -0.811. The van der Waals surface area contributed by atoms with Gasteiger partial charge in [0, 0.05) is 30.2 Å². The first-order valence-electron chi connectivity index (χ1n) is 10.7. The lowest BCUT2D eigenvalue weighted by Crippen LogP contribution is -2.81. The highest BCUT2D eigenvalue weighted by Crippen LogP contribution is 2.72.